The van der Waals surface area contributed by atoms with Crippen LogP contribution in [0.1, 0.15) is 22.5 Å². The van der Waals surface area contributed by atoms with E-state index in [2.05, 4.69) is 27.6 Å². The average molecular weight is 416 g/mol. The monoisotopic (exact) mass is 415 g/mol. The lowest BCUT2D eigenvalue weighted by Gasteiger charge is -2.40. The molecule has 156 valence electrons. The first-order valence-electron chi connectivity index (χ1n) is 9.77. The molecule has 2 N–H and O–H groups in total. The first-order valence-corrected chi connectivity index (χ1v) is 10.7. The molecule has 0 saturated carbocycles. The molecule has 0 spiro atoms. The van der Waals surface area contributed by atoms with Crippen LogP contribution in [-0.4, -0.2) is 67.2 Å². The normalized spacial score (nSPS) is 16.7. The molecule has 1 saturated heterocycles. The van der Waals surface area contributed by atoms with E-state index in [1.807, 2.05) is 47.8 Å². The number of likely N-dealkylation sites (tertiary alicyclic amines) is 1. The number of hydrogen-bond acceptors (Lipinski definition) is 7. The molecule has 0 radical (unpaired) electrons. The van der Waals surface area contributed by atoms with Gasteiger partial charge in [-0.25, -0.2) is 4.98 Å². The zero-order chi connectivity index (χ0) is 20.6. The van der Waals surface area contributed by atoms with Crippen LogP contribution in [0.2, 0.25) is 0 Å². The highest BCUT2D eigenvalue weighted by Crippen LogP contribution is 2.23. The van der Waals surface area contributed by atoms with Crippen molar-refractivity contribution in [3.05, 3.63) is 53.0 Å². The molecular formula is C21H29N5O2S. The molecular weight excluding hydrogens is 386 g/mol. The Hall–Kier alpha value is -2.42. The number of carbonyl (C=O) groups is 1. The molecule has 0 aromatic carbocycles. The summed E-state index contributed by atoms with van der Waals surface area (Å²) in [6, 6.07) is 7.72. The van der Waals surface area contributed by atoms with E-state index in [1.165, 1.54) is 11.3 Å². The van der Waals surface area contributed by atoms with Gasteiger partial charge in [-0.15, -0.1) is 11.3 Å². The Morgan fingerprint density at radius 2 is 2.17 bits per heavy atom. The number of nitrogens with zero attached hydrogens (tertiary/aromatic N) is 3. The summed E-state index contributed by atoms with van der Waals surface area (Å²) >= 11 is 1.49. The molecule has 29 heavy (non-hydrogen) atoms. The summed E-state index contributed by atoms with van der Waals surface area (Å²) in [5.41, 5.74) is 0.854. The summed E-state index contributed by atoms with van der Waals surface area (Å²) in [6.07, 6.45) is 7.27. The van der Waals surface area contributed by atoms with Crippen LogP contribution < -0.4 is 15.4 Å². The lowest BCUT2D eigenvalue weighted by Crippen LogP contribution is -2.54. The van der Waals surface area contributed by atoms with Crippen molar-refractivity contribution in [1.29, 1.82) is 0 Å². The molecule has 7 nitrogen and oxygen atoms in total. The first kappa shape index (κ1) is 21.3. The standard InChI is InChI=1S/C21H29N5O2S/c1-22-19(8-11-23-16-6-7-20(28-3)24-15-16)26(17-9-12-25(2)13-10-17)21(27)18-5-4-14-29-18/h4-8,11,14-15,17,19,22-23H,9-10,12-13H2,1-3H3/b11-8-. The lowest BCUT2D eigenvalue weighted by molar-refractivity contribution is 0.0490. The van der Waals surface area contributed by atoms with Crippen LogP contribution in [0.15, 0.2) is 48.1 Å². The Bertz CT molecular complexity index is 786. The van der Waals surface area contributed by atoms with Crippen LogP contribution in [0.5, 0.6) is 5.88 Å². The second-order valence-electron chi connectivity index (χ2n) is 7.05. The predicted molar refractivity (Wildman–Crippen MR) is 117 cm³/mol. The molecule has 1 unspecified atom stereocenters. The third-order valence-corrected chi connectivity index (χ3v) is 5.98. The Labute approximate surface area is 176 Å². The van der Waals surface area contributed by atoms with Crippen molar-refractivity contribution in [2.75, 3.05) is 39.6 Å². The summed E-state index contributed by atoms with van der Waals surface area (Å²) in [5, 5.41) is 8.46. The molecule has 1 aliphatic heterocycles. The molecule has 1 amide bonds. The van der Waals surface area contributed by atoms with Gasteiger partial charge in [0.1, 0.15) is 6.17 Å². The second kappa shape index (κ2) is 10.4. The number of thiophene rings is 1. The van der Waals surface area contributed by atoms with Gasteiger partial charge in [0.25, 0.3) is 5.91 Å². The SMILES string of the molecule is CNC(/C=C\Nc1ccc(OC)nc1)N(C(=O)c1cccs1)C1CCN(C)CC1. The summed E-state index contributed by atoms with van der Waals surface area (Å²) < 4.78 is 5.08. The van der Waals surface area contributed by atoms with Crippen LogP contribution in [0, 0.1) is 0 Å². The lowest BCUT2D eigenvalue weighted by atomic mass is 10.0. The largest absolute Gasteiger partial charge is 0.481 e. The molecule has 3 rings (SSSR count). The number of rotatable bonds is 8. The number of aromatic nitrogens is 1. The quantitative estimate of drug-likeness (QED) is 0.646. The van der Waals surface area contributed by atoms with Crippen LogP contribution in [0.3, 0.4) is 0 Å². The first-order chi connectivity index (χ1) is 14.1. The van der Waals surface area contributed by atoms with E-state index in [9.17, 15) is 4.79 Å². The van der Waals surface area contributed by atoms with Crippen LogP contribution in [0.25, 0.3) is 0 Å². The number of carbonyl (C=O) groups excluding carboxylic acids is 1. The molecule has 8 heteroatoms. The van der Waals surface area contributed by atoms with Gasteiger partial charge in [0.05, 0.1) is 23.9 Å². The van der Waals surface area contributed by atoms with Crippen molar-refractivity contribution >= 4 is 22.9 Å². The van der Waals surface area contributed by atoms with Crippen molar-refractivity contribution in [1.82, 2.24) is 20.1 Å². The molecule has 2 aromatic rings. The van der Waals surface area contributed by atoms with E-state index in [0.29, 0.717) is 5.88 Å². The smallest absolute Gasteiger partial charge is 0.265 e. The third-order valence-electron chi connectivity index (χ3n) is 5.12. The maximum atomic E-state index is 13.3. The summed E-state index contributed by atoms with van der Waals surface area (Å²) in [6.45, 7) is 1.99. The minimum atomic E-state index is -0.211. The summed E-state index contributed by atoms with van der Waals surface area (Å²) in [4.78, 5) is 22.6. The number of pyridine rings is 1. The summed E-state index contributed by atoms with van der Waals surface area (Å²) in [7, 11) is 5.60. The fourth-order valence-corrected chi connectivity index (χ4v) is 4.14. The molecule has 1 fully saturated rings. The van der Waals surface area contributed by atoms with Crippen LogP contribution in [-0.2, 0) is 0 Å². The van der Waals surface area contributed by atoms with Gasteiger partial charge in [-0.1, -0.05) is 6.07 Å². The Balaban J connectivity index is 1.75. The average Bonchev–Trinajstić information content (AvgIpc) is 3.29. The topological polar surface area (TPSA) is 69.7 Å². The van der Waals surface area contributed by atoms with Gasteiger partial charge >= 0.3 is 0 Å². The highest BCUT2D eigenvalue weighted by atomic mass is 32.1. The van der Waals surface area contributed by atoms with Crippen molar-refractivity contribution in [3.63, 3.8) is 0 Å². The Morgan fingerprint density at radius 3 is 2.76 bits per heavy atom. The van der Waals surface area contributed by atoms with E-state index in [1.54, 1.807) is 19.4 Å². The van der Waals surface area contributed by atoms with Gasteiger partial charge in [0.2, 0.25) is 5.88 Å². The maximum absolute atomic E-state index is 13.3. The zero-order valence-electron chi connectivity index (χ0n) is 17.2. The van der Waals surface area contributed by atoms with Gasteiger partial charge in [-0.3, -0.25) is 10.1 Å². The van der Waals surface area contributed by atoms with E-state index >= 15 is 0 Å². The number of piperidine rings is 1. The predicted octanol–water partition coefficient (Wildman–Crippen LogP) is 2.86. The van der Waals surface area contributed by atoms with E-state index in [-0.39, 0.29) is 18.1 Å². The zero-order valence-corrected chi connectivity index (χ0v) is 18.0. The van der Waals surface area contributed by atoms with Gasteiger partial charge < -0.3 is 19.9 Å². The number of hydrogen-bond donors (Lipinski definition) is 2. The maximum Gasteiger partial charge on any atom is 0.265 e. The third kappa shape index (κ3) is 5.56. The molecule has 0 bridgehead atoms. The number of methoxy groups -OCH3 is 1. The van der Waals surface area contributed by atoms with E-state index in [0.717, 1.165) is 36.5 Å². The molecule has 1 atom stereocenters. The van der Waals surface area contributed by atoms with Crippen molar-refractivity contribution < 1.29 is 9.53 Å². The molecule has 1 aliphatic rings. The molecule has 0 aliphatic carbocycles. The highest BCUT2D eigenvalue weighted by Gasteiger charge is 2.32. The number of likely N-dealkylation sites (N-methyl/N-ethyl adjacent to an activating group) is 1. The van der Waals surface area contributed by atoms with Crippen LogP contribution in [0.4, 0.5) is 5.69 Å². The number of ether oxygens (including phenoxy) is 1. The fourth-order valence-electron chi connectivity index (χ4n) is 3.47. The molecule has 3 heterocycles. The van der Waals surface area contributed by atoms with Crippen molar-refractivity contribution in [2.24, 2.45) is 0 Å². The number of anilines is 1. The van der Waals surface area contributed by atoms with Crippen molar-refractivity contribution in [2.45, 2.75) is 25.0 Å². The number of nitrogens with one attached hydrogen (secondary N) is 2. The van der Waals surface area contributed by atoms with Gasteiger partial charge in [-0.05, 0) is 63.6 Å². The van der Waals surface area contributed by atoms with Gasteiger partial charge in [0.15, 0.2) is 0 Å². The van der Waals surface area contributed by atoms with E-state index < -0.39 is 0 Å². The number of amides is 1. The molecule has 2 aromatic heterocycles. The Morgan fingerprint density at radius 1 is 1.38 bits per heavy atom. The fraction of sp³-hybridized carbons (Fsp3) is 0.429. The minimum Gasteiger partial charge on any atom is -0.481 e. The highest BCUT2D eigenvalue weighted by molar-refractivity contribution is 7.12. The Kier molecular flexibility index (Phi) is 7.62. The van der Waals surface area contributed by atoms with Crippen molar-refractivity contribution in [3.8, 4) is 5.88 Å². The van der Waals surface area contributed by atoms with Crippen LogP contribution >= 0.6 is 11.3 Å². The second-order valence-corrected chi connectivity index (χ2v) is 8.00. The van der Waals surface area contributed by atoms with E-state index in [4.69, 9.17) is 4.74 Å². The van der Waals surface area contributed by atoms with Gasteiger partial charge in [-0.2, -0.15) is 0 Å². The minimum absolute atomic E-state index is 0.0738. The van der Waals surface area contributed by atoms with Gasteiger partial charge in [0, 0.05) is 18.3 Å². The summed E-state index contributed by atoms with van der Waals surface area (Å²) in [5.74, 6) is 0.646.